The minimum atomic E-state index is -5.03. The van der Waals surface area contributed by atoms with Crippen molar-refractivity contribution in [3.05, 3.63) is 58.7 Å². The number of aromatic carboxylic acids is 4. The van der Waals surface area contributed by atoms with Crippen molar-refractivity contribution in [1.82, 2.24) is 0 Å². The Labute approximate surface area is 150 Å². The van der Waals surface area contributed by atoms with Crippen LogP contribution in [0, 0.1) is 0 Å². The summed E-state index contributed by atoms with van der Waals surface area (Å²) < 4.78 is 25.7. The van der Waals surface area contributed by atoms with Gasteiger partial charge in [-0.15, -0.1) is 0 Å². The largest absolute Gasteiger partial charge is 0.545 e. The topological polar surface area (TPSA) is 195 Å². The number of carboxylic acid groups (broad SMARTS) is 4. The number of sulfone groups is 1. The summed E-state index contributed by atoms with van der Waals surface area (Å²) in [6.07, 6.45) is 0. The summed E-state index contributed by atoms with van der Waals surface area (Å²) >= 11 is 0. The average Bonchev–Trinajstić information content (AvgIpc) is 2.60. The zero-order chi connectivity index (χ0) is 20.5. The molecule has 0 aliphatic carbocycles. The lowest BCUT2D eigenvalue weighted by Gasteiger charge is -2.17. The Morgan fingerprint density at radius 1 is 0.593 bits per heavy atom. The van der Waals surface area contributed by atoms with E-state index < -0.39 is 65.8 Å². The smallest absolute Gasteiger partial charge is 0.207 e. The molecule has 0 saturated carbocycles. The second kappa shape index (κ2) is 6.88. The van der Waals surface area contributed by atoms with E-state index in [0.717, 1.165) is 12.1 Å². The molecule has 140 valence electrons. The molecule has 0 aliphatic rings. The third-order valence-electron chi connectivity index (χ3n) is 3.45. The molecule has 0 bridgehead atoms. The summed E-state index contributed by atoms with van der Waals surface area (Å²) in [5.74, 6) is -7.66. The van der Waals surface area contributed by atoms with E-state index in [1.54, 1.807) is 0 Å². The lowest BCUT2D eigenvalue weighted by molar-refractivity contribution is -0.256. The fourth-order valence-corrected chi connectivity index (χ4v) is 3.88. The fourth-order valence-electron chi connectivity index (χ4n) is 2.20. The number of carbonyl (C=O) groups is 4. The molecule has 2 aromatic rings. The second-order valence-corrected chi connectivity index (χ2v) is 6.96. The van der Waals surface area contributed by atoms with Crippen molar-refractivity contribution in [2.75, 3.05) is 0 Å². The van der Waals surface area contributed by atoms with Crippen LogP contribution in [0.3, 0.4) is 0 Å². The highest BCUT2D eigenvalue weighted by molar-refractivity contribution is 7.91. The summed E-state index contributed by atoms with van der Waals surface area (Å²) in [4.78, 5) is 42.1. The van der Waals surface area contributed by atoms with Crippen LogP contribution in [-0.4, -0.2) is 32.3 Å². The zero-order valence-electron chi connectivity index (χ0n) is 13.0. The van der Waals surface area contributed by atoms with Gasteiger partial charge in [0, 0.05) is 11.1 Å². The van der Waals surface area contributed by atoms with E-state index in [1.165, 1.54) is 0 Å². The Morgan fingerprint density at radius 2 is 0.926 bits per heavy atom. The van der Waals surface area contributed by atoms with Gasteiger partial charge >= 0.3 is 0 Å². The fraction of sp³-hybridized carbons (Fsp3) is 0. The number of hydrogen-bond donors (Lipinski definition) is 0. The Kier molecular flexibility index (Phi) is 4.99. The molecule has 0 amide bonds. The molecule has 2 aromatic carbocycles. The molecule has 0 atom stereocenters. The number of carbonyl (C=O) groups excluding carboxylic acids is 4. The summed E-state index contributed by atoms with van der Waals surface area (Å²) in [7, 11) is -5.03. The molecule has 27 heavy (non-hydrogen) atoms. The third-order valence-corrected chi connectivity index (χ3v) is 5.29. The van der Waals surface area contributed by atoms with Gasteiger partial charge in [-0.25, -0.2) is 8.42 Å². The molecule has 0 aliphatic heterocycles. The van der Waals surface area contributed by atoms with Crippen molar-refractivity contribution in [3.8, 4) is 0 Å². The highest BCUT2D eigenvalue weighted by Gasteiger charge is 2.26. The predicted octanol–water partition coefficient (Wildman–Crippen LogP) is -4.03. The van der Waals surface area contributed by atoms with Crippen molar-refractivity contribution in [3.63, 3.8) is 0 Å². The Morgan fingerprint density at radius 3 is 1.19 bits per heavy atom. The minimum absolute atomic E-state index is 0.431. The van der Waals surface area contributed by atoms with E-state index in [1.807, 2.05) is 0 Å². The summed E-state index contributed by atoms with van der Waals surface area (Å²) in [6, 6.07) is 3.60. The first-order chi connectivity index (χ1) is 12.5. The normalized spacial score (nSPS) is 11.0. The van der Waals surface area contributed by atoms with E-state index >= 15 is 0 Å². The van der Waals surface area contributed by atoms with Crippen LogP contribution >= 0.6 is 0 Å². The first-order valence-electron chi connectivity index (χ1n) is 6.85. The van der Waals surface area contributed by atoms with Gasteiger partial charge in [-0.2, -0.15) is 0 Å². The van der Waals surface area contributed by atoms with E-state index in [-0.39, 0.29) is 0 Å². The Bertz CT molecular complexity index is 1020. The van der Waals surface area contributed by atoms with E-state index in [9.17, 15) is 48.0 Å². The van der Waals surface area contributed by atoms with Crippen LogP contribution < -0.4 is 20.4 Å². The maximum absolute atomic E-state index is 12.8. The zero-order valence-corrected chi connectivity index (χ0v) is 13.8. The maximum Gasteiger partial charge on any atom is 0.207 e. The highest BCUT2D eigenvalue weighted by atomic mass is 32.2. The monoisotopic (exact) mass is 390 g/mol. The number of carboxylic acids is 4. The summed E-state index contributed by atoms with van der Waals surface area (Å²) in [5.41, 5.74) is -3.37. The molecular formula is C16H6O10S-4. The standard InChI is InChI=1S/C16H10O10S/c17-13(18)7-1-3-9(15(21)22)11(5-7)27(25,26)12-6-8(14(19)20)2-4-10(12)16(23)24/h1-6H,(H,17,18)(H,19,20)(H,21,22)(H,23,24)/p-4. The van der Waals surface area contributed by atoms with Crippen LogP contribution in [0.2, 0.25) is 0 Å². The number of benzene rings is 2. The molecule has 0 radical (unpaired) electrons. The molecule has 0 unspecified atom stereocenters. The van der Waals surface area contributed by atoms with Gasteiger partial charge in [-0.05, 0) is 23.3 Å². The number of hydrogen-bond acceptors (Lipinski definition) is 10. The Hall–Kier alpha value is -3.73. The van der Waals surface area contributed by atoms with E-state index in [4.69, 9.17) is 0 Å². The third kappa shape index (κ3) is 3.62. The number of rotatable bonds is 6. The van der Waals surface area contributed by atoms with Gasteiger partial charge in [0.05, 0.1) is 33.7 Å². The Balaban J connectivity index is 2.91. The van der Waals surface area contributed by atoms with Crippen LogP contribution in [0.4, 0.5) is 0 Å². The SMILES string of the molecule is O=C([O-])c1ccc(C(=O)[O-])c(S(=O)(=O)c2cc(C(=O)[O-])ccc2C(=O)[O-])c1. The van der Waals surface area contributed by atoms with Gasteiger partial charge in [-0.1, -0.05) is 24.3 Å². The average molecular weight is 390 g/mol. The summed E-state index contributed by atoms with van der Waals surface area (Å²) in [6.45, 7) is 0. The van der Waals surface area contributed by atoms with E-state index in [2.05, 4.69) is 0 Å². The predicted molar refractivity (Wildman–Crippen MR) is 75.7 cm³/mol. The maximum atomic E-state index is 12.8. The van der Waals surface area contributed by atoms with Crippen molar-refractivity contribution in [2.24, 2.45) is 0 Å². The lowest BCUT2D eigenvalue weighted by Crippen LogP contribution is -2.29. The minimum Gasteiger partial charge on any atom is -0.545 e. The van der Waals surface area contributed by atoms with Gasteiger partial charge in [0.25, 0.3) is 0 Å². The second-order valence-electron chi connectivity index (χ2n) is 5.08. The molecule has 0 aromatic heterocycles. The van der Waals surface area contributed by atoms with Crippen LogP contribution in [0.1, 0.15) is 41.4 Å². The van der Waals surface area contributed by atoms with Crippen molar-refractivity contribution in [1.29, 1.82) is 0 Å². The van der Waals surface area contributed by atoms with Gasteiger partial charge in [-0.3, -0.25) is 0 Å². The van der Waals surface area contributed by atoms with E-state index in [0.29, 0.717) is 24.3 Å². The van der Waals surface area contributed by atoms with Crippen molar-refractivity contribution < 1.29 is 48.0 Å². The van der Waals surface area contributed by atoms with Crippen LogP contribution in [0.15, 0.2) is 46.2 Å². The van der Waals surface area contributed by atoms with Crippen LogP contribution in [0.25, 0.3) is 0 Å². The van der Waals surface area contributed by atoms with Gasteiger partial charge in [0.15, 0.2) is 0 Å². The molecule has 0 saturated heterocycles. The molecule has 2 rings (SSSR count). The molecule has 0 heterocycles. The quantitative estimate of drug-likeness (QED) is 0.468. The van der Waals surface area contributed by atoms with Gasteiger partial charge < -0.3 is 39.6 Å². The summed E-state index contributed by atoms with van der Waals surface area (Å²) in [5, 5.41) is 44.3. The van der Waals surface area contributed by atoms with Crippen LogP contribution in [0.5, 0.6) is 0 Å². The lowest BCUT2D eigenvalue weighted by atomic mass is 10.1. The first-order valence-corrected chi connectivity index (χ1v) is 8.33. The molecule has 0 N–H and O–H groups in total. The highest BCUT2D eigenvalue weighted by Crippen LogP contribution is 2.28. The molecule has 0 fully saturated rings. The molecule has 10 nitrogen and oxygen atoms in total. The van der Waals surface area contributed by atoms with Crippen molar-refractivity contribution in [2.45, 2.75) is 9.79 Å². The van der Waals surface area contributed by atoms with Crippen LogP contribution in [-0.2, 0) is 9.84 Å². The van der Waals surface area contributed by atoms with Crippen molar-refractivity contribution >= 4 is 33.7 Å². The van der Waals surface area contributed by atoms with Gasteiger partial charge in [0.2, 0.25) is 9.84 Å². The van der Waals surface area contributed by atoms with Gasteiger partial charge in [0.1, 0.15) is 0 Å². The first kappa shape index (κ1) is 19.6. The molecular weight excluding hydrogens is 384 g/mol. The molecule has 0 spiro atoms. The molecule has 11 heteroatoms.